The molecule has 2 aliphatic rings. The maximum absolute atomic E-state index is 14.6. The van der Waals surface area contributed by atoms with Crippen molar-refractivity contribution in [2.75, 3.05) is 25.2 Å². The molecule has 0 bridgehead atoms. The molecule has 2 heterocycles. The van der Waals surface area contributed by atoms with Gasteiger partial charge in [-0.15, -0.1) is 0 Å². The van der Waals surface area contributed by atoms with Gasteiger partial charge in [0.15, 0.2) is 11.5 Å². The highest BCUT2D eigenvalue weighted by molar-refractivity contribution is 14.1. The number of aliphatic hydroxyl groups excluding tert-OH is 2. The van der Waals surface area contributed by atoms with E-state index in [4.69, 9.17) is 9.16 Å². The highest BCUT2D eigenvalue weighted by Gasteiger charge is 2.57. The Morgan fingerprint density at radius 3 is 1.97 bits per heavy atom. The molecule has 1 aromatic heterocycles. The summed E-state index contributed by atoms with van der Waals surface area (Å²) in [5.74, 6) is -6.07. The number of hydrogen-bond acceptors (Lipinski definition) is 8. The Morgan fingerprint density at radius 2 is 1.46 bits per heavy atom. The number of methoxy groups -OCH3 is 1. The number of phenolic OH excluding ortho intramolecular Hbond substituents is 1. The molecule has 1 saturated heterocycles. The normalized spacial score (nSPS) is 18.8. The zero-order valence-corrected chi connectivity index (χ0v) is 40.6. The van der Waals surface area contributed by atoms with Crippen molar-refractivity contribution in [3.63, 3.8) is 0 Å². The van der Waals surface area contributed by atoms with Gasteiger partial charge in [-0.1, -0.05) is 87.5 Å². The van der Waals surface area contributed by atoms with Gasteiger partial charge in [-0.25, -0.2) is 4.90 Å². The number of ether oxygens (including phenoxy) is 1. The van der Waals surface area contributed by atoms with Crippen LogP contribution in [0.25, 0.3) is 11.6 Å². The largest absolute Gasteiger partial charge is 0.504 e. The van der Waals surface area contributed by atoms with Crippen LogP contribution in [-0.2, 0) is 26.4 Å². The van der Waals surface area contributed by atoms with Crippen LogP contribution < -0.4 is 20.0 Å². The van der Waals surface area contributed by atoms with E-state index in [2.05, 4.69) is 4.98 Å². The lowest BCUT2D eigenvalue weighted by Gasteiger charge is -2.44. The zero-order chi connectivity index (χ0) is 49.3. The Kier molecular flexibility index (Phi) is 14.8. The van der Waals surface area contributed by atoms with Crippen molar-refractivity contribution < 1.29 is 60.4 Å². The first-order valence-electron chi connectivity index (χ1n) is 21.7. The number of aliphatic hydroxyl groups is 2. The van der Waals surface area contributed by atoms with Crippen LogP contribution in [0, 0.1) is 21.3 Å². The van der Waals surface area contributed by atoms with Gasteiger partial charge in [-0.05, 0) is 128 Å². The number of pyridine rings is 1. The van der Waals surface area contributed by atoms with Gasteiger partial charge in [0.1, 0.15) is 0 Å². The molecule has 68 heavy (non-hydrogen) atoms. The average Bonchev–Trinajstić information content (AvgIpc) is 3.56. The number of anilines is 1. The third-order valence-electron chi connectivity index (χ3n) is 12.7. The molecule has 0 spiro atoms. The number of nitrogens with zero attached hydrogens (tertiary/aromatic N) is 2. The minimum Gasteiger partial charge on any atom is -0.504 e. The second-order valence-electron chi connectivity index (χ2n) is 17.9. The highest BCUT2D eigenvalue weighted by Crippen LogP contribution is 2.50. The minimum atomic E-state index is -5.26. The molecule has 7 rings (SSSR count). The number of halogens is 7. The van der Waals surface area contributed by atoms with E-state index in [0.717, 1.165) is 10.4 Å². The van der Waals surface area contributed by atoms with Crippen molar-refractivity contribution in [2.45, 2.75) is 63.5 Å². The summed E-state index contributed by atoms with van der Waals surface area (Å²) >= 11 is 1.98. The van der Waals surface area contributed by atoms with Gasteiger partial charge >= 0.3 is 12.4 Å². The summed E-state index contributed by atoms with van der Waals surface area (Å²) in [6.07, 6.45) is -8.66. The summed E-state index contributed by atoms with van der Waals surface area (Å²) in [4.78, 5) is 33.9. The fraction of sp³-hybridized carbons (Fsp3) is 0.314. The van der Waals surface area contributed by atoms with Crippen LogP contribution in [0.4, 0.5) is 32.0 Å². The second kappa shape index (κ2) is 19.9. The first-order chi connectivity index (χ1) is 32.1. The lowest BCUT2D eigenvalue weighted by atomic mass is 9.68. The lowest BCUT2D eigenvalue weighted by Crippen LogP contribution is -2.66. The van der Waals surface area contributed by atoms with Gasteiger partial charge in [0.25, 0.3) is 8.32 Å². The van der Waals surface area contributed by atoms with Crippen LogP contribution in [0.15, 0.2) is 127 Å². The van der Waals surface area contributed by atoms with Crippen molar-refractivity contribution in [1.29, 1.82) is 0 Å². The number of aromatic hydroxyl groups is 1. The van der Waals surface area contributed by atoms with Gasteiger partial charge in [0.05, 0.1) is 64.3 Å². The number of amides is 2. The topological polar surface area (TPSA) is 129 Å². The van der Waals surface area contributed by atoms with Gasteiger partial charge < -0.3 is 24.5 Å². The number of imide groups is 1. The molecule has 1 fully saturated rings. The lowest BCUT2D eigenvalue weighted by molar-refractivity contribution is -0.143. The number of carbonyl (C=O) groups excluding carboxylic acids is 2. The van der Waals surface area contributed by atoms with Gasteiger partial charge in [-0.3, -0.25) is 14.6 Å². The maximum Gasteiger partial charge on any atom is 0.416 e. The second-order valence-corrected chi connectivity index (χ2v) is 23.4. The number of hydrogen-bond donors (Lipinski definition) is 3. The van der Waals surface area contributed by atoms with E-state index in [-0.39, 0.29) is 49.0 Å². The van der Waals surface area contributed by atoms with E-state index in [1.165, 1.54) is 7.11 Å². The van der Waals surface area contributed by atoms with Gasteiger partial charge in [0.2, 0.25) is 11.8 Å². The monoisotopic (exact) mass is 1070 g/mol. The van der Waals surface area contributed by atoms with Crippen molar-refractivity contribution >= 4 is 70.4 Å². The van der Waals surface area contributed by atoms with Crippen LogP contribution in [0.5, 0.6) is 11.5 Å². The Hall–Kier alpha value is -5.34. The summed E-state index contributed by atoms with van der Waals surface area (Å²) < 4.78 is 97.8. The van der Waals surface area contributed by atoms with Crippen molar-refractivity contribution in [2.24, 2.45) is 17.8 Å². The molecule has 2 amide bonds. The number of alkyl halides is 6. The van der Waals surface area contributed by atoms with E-state index in [9.17, 15) is 51.3 Å². The summed E-state index contributed by atoms with van der Waals surface area (Å²) in [6, 6.07) is 28.5. The standard InChI is InChI=1S/C51H49F6IN2O7Si/c1-49(2,3)68(36-13-7-5-8-14-36,37-15-9-6-10-16-37)67-29-32-24-38-45(48(65)60(47(38)64)35-26-33(50(52,53)54)25-34(27-35)51(55,56)57)39(28-61)44(32)42(62)19-18-31(41-17-11-12-20-59-41)21-30-22-40(58)46(63)43(23-30)66-4/h5-17,20-23,25-27,38-39,42,45,61-63H,18-19,24,28-29H2,1-4H3/b31-21-/t38-,39+,42-,45-/m1/s1. The van der Waals surface area contributed by atoms with Crippen LogP contribution in [-0.4, -0.2) is 66.9 Å². The van der Waals surface area contributed by atoms with Crippen molar-refractivity contribution in [3.05, 3.63) is 152 Å². The van der Waals surface area contributed by atoms with Crippen LogP contribution in [0.2, 0.25) is 5.04 Å². The Morgan fingerprint density at radius 1 is 0.868 bits per heavy atom. The molecule has 5 aromatic rings. The molecule has 1 aliphatic carbocycles. The van der Waals surface area contributed by atoms with Crippen LogP contribution in [0.1, 0.15) is 62.4 Å². The Labute approximate surface area is 404 Å². The molecular formula is C51H49F6IN2O7Si. The number of rotatable bonds is 14. The fourth-order valence-corrected chi connectivity index (χ4v) is 14.9. The van der Waals surface area contributed by atoms with E-state index in [1.807, 2.05) is 110 Å². The number of fused-ring (bicyclic) bond motifs is 1. The molecular weight excluding hydrogens is 1020 g/mol. The maximum atomic E-state index is 14.6. The zero-order valence-electron chi connectivity index (χ0n) is 37.4. The van der Waals surface area contributed by atoms with Gasteiger partial charge in [-0.2, -0.15) is 26.3 Å². The molecule has 0 unspecified atom stereocenters. The average molecular weight is 1070 g/mol. The van der Waals surface area contributed by atoms with Crippen molar-refractivity contribution in [1.82, 2.24) is 4.98 Å². The summed E-state index contributed by atoms with van der Waals surface area (Å²) in [7, 11) is -1.93. The third kappa shape index (κ3) is 10.0. The van der Waals surface area contributed by atoms with Crippen LogP contribution in [0.3, 0.4) is 0 Å². The Balaban J connectivity index is 1.35. The van der Waals surface area contributed by atoms with E-state index in [0.29, 0.717) is 43.0 Å². The quantitative estimate of drug-likeness (QED) is 0.0330. The third-order valence-corrected chi connectivity index (χ3v) is 18.5. The number of aromatic nitrogens is 1. The summed E-state index contributed by atoms with van der Waals surface area (Å²) in [5.41, 5.74) is -1.91. The molecule has 4 aromatic carbocycles. The number of carbonyl (C=O) groups is 2. The molecule has 358 valence electrons. The summed E-state index contributed by atoms with van der Waals surface area (Å²) in [6.45, 7) is 5.13. The summed E-state index contributed by atoms with van der Waals surface area (Å²) in [5, 5.41) is 35.6. The fourth-order valence-electron chi connectivity index (χ4n) is 9.68. The molecule has 3 N–H and O–H groups in total. The molecule has 4 atom stereocenters. The molecule has 0 saturated carbocycles. The van der Waals surface area contributed by atoms with E-state index < -0.39 is 84.8 Å². The van der Waals surface area contributed by atoms with E-state index >= 15 is 0 Å². The highest BCUT2D eigenvalue weighted by atomic mass is 127. The molecule has 0 radical (unpaired) electrons. The number of benzene rings is 4. The first kappa shape index (κ1) is 50.5. The van der Waals surface area contributed by atoms with Gasteiger partial charge in [0, 0.05) is 12.1 Å². The molecule has 1 aliphatic heterocycles. The van der Waals surface area contributed by atoms with Crippen LogP contribution >= 0.6 is 22.6 Å². The SMILES string of the molecule is COc1cc(/C=C(/CC[C@@H](O)C2=C(CO[Si](c3ccccc3)(c3ccccc3)C(C)(C)C)C[C@H]3C(=O)N(c4cc(C(F)(F)F)cc(C(F)(F)F)c4)C(=O)[C@H]3[C@H]2CO)c2ccccn2)cc(I)c1O. The predicted octanol–water partition coefficient (Wildman–Crippen LogP) is 9.81. The van der Waals surface area contributed by atoms with E-state index in [1.54, 1.807) is 36.5 Å². The molecule has 17 heteroatoms. The smallest absolute Gasteiger partial charge is 0.416 e. The first-order valence-corrected chi connectivity index (χ1v) is 24.7. The molecule has 9 nitrogen and oxygen atoms in total. The van der Waals surface area contributed by atoms with Crippen molar-refractivity contribution in [3.8, 4) is 11.5 Å². The minimum absolute atomic E-state index is 0.0327. The predicted molar refractivity (Wildman–Crippen MR) is 256 cm³/mol. The Bertz CT molecular complexity index is 2640. The number of allylic oxidation sites excluding steroid dienone is 1. The number of phenols is 1.